The molecule has 0 saturated carbocycles. The van der Waals surface area contributed by atoms with Gasteiger partial charge in [0.1, 0.15) is 6.10 Å². The summed E-state index contributed by atoms with van der Waals surface area (Å²) in [6.45, 7) is 2.92. The number of aliphatic hydroxyl groups is 1. The molecule has 0 aromatic carbocycles. The predicted octanol–water partition coefficient (Wildman–Crippen LogP) is 0.00460. The summed E-state index contributed by atoms with van der Waals surface area (Å²) in [4.78, 5) is 13.0. The van der Waals surface area contributed by atoms with Crippen LogP contribution in [0.3, 0.4) is 0 Å². The average molecular weight is 187 g/mol. The van der Waals surface area contributed by atoms with Crippen LogP contribution in [0.2, 0.25) is 0 Å². The minimum atomic E-state index is -0.896. The van der Waals surface area contributed by atoms with Crippen molar-refractivity contribution in [2.45, 2.75) is 31.9 Å². The van der Waals surface area contributed by atoms with Crippen LogP contribution in [0, 0.1) is 0 Å². The lowest BCUT2D eigenvalue weighted by atomic mass is 10.1. The van der Waals surface area contributed by atoms with Gasteiger partial charge >= 0.3 is 0 Å². The molecular formula is C9H17NO3. The van der Waals surface area contributed by atoms with E-state index >= 15 is 0 Å². The van der Waals surface area contributed by atoms with Gasteiger partial charge in [-0.25, -0.2) is 0 Å². The van der Waals surface area contributed by atoms with E-state index in [9.17, 15) is 4.79 Å². The van der Waals surface area contributed by atoms with Gasteiger partial charge in [0, 0.05) is 26.3 Å². The first-order chi connectivity index (χ1) is 6.13. The maximum atomic E-state index is 11.4. The number of amides is 1. The number of carbonyl (C=O) groups is 1. The van der Waals surface area contributed by atoms with Crippen LogP contribution in [0.25, 0.3) is 0 Å². The van der Waals surface area contributed by atoms with Crippen molar-refractivity contribution >= 4 is 5.91 Å². The van der Waals surface area contributed by atoms with Crippen molar-refractivity contribution in [2.24, 2.45) is 0 Å². The summed E-state index contributed by atoms with van der Waals surface area (Å²) in [6.07, 6.45) is 0.844. The number of rotatable bonds is 2. The van der Waals surface area contributed by atoms with Gasteiger partial charge in [0.2, 0.25) is 0 Å². The van der Waals surface area contributed by atoms with E-state index in [0.717, 1.165) is 12.8 Å². The third-order valence-electron chi connectivity index (χ3n) is 2.44. The second kappa shape index (κ2) is 4.58. The summed E-state index contributed by atoms with van der Waals surface area (Å²) in [7, 11) is 1.74. The Kier molecular flexibility index (Phi) is 3.69. The lowest BCUT2D eigenvalue weighted by Gasteiger charge is -2.31. The third-order valence-corrected chi connectivity index (χ3v) is 2.44. The van der Waals surface area contributed by atoms with Crippen molar-refractivity contribution in [3.63, 3.8) is 0 Å². The van der Waals surface area contributed by atoms with Gasteiger partial charge in [0.05, 0.1) is 0 Å². The topological polar surface area (TPSA) is 49.8 Å². The molecule has 4 nitrogen and oxygen atoms in total. The van der Waals surface area contributed by atoms with Crippen molar-refractivity contribution in [1.29, 1.82) is 0 Å². The zero-order valence-electron chi connectivity index (χ0n) is 8.19. The molecule has 0 aromatic rings. The molecule has 1 N–H and O–H groups in total. The Hall–Kier alpha value is -0.610. The van der Waals surface area contributed by atoms with Gasteiger partial charge < -0.3 is 14.7 Å². The summed E-state index contributed by atoms with van der Waals surface area (Å²) in [5, 5.41) is 9.10. The molecule has 0 aliphatic carbocycles. The van der Waals surface area contributed by atoms with Crippen LogP contribution < -0.4 is 0 Å². The van der Waals surface area contributed by atoms with E-state index in [1.807, 2.05) is 0 Å². The van der Waals surface area contributed by atoms with Gasteiger partial charge in [-0.3, -0.25) is 4.79 Å². The van der Waals surface area contributed by atoms with Crippen LogP contribution in [0.4, 0.5) is 0 Å². The maximum absolute atomic E-state index is 11.4. The van der Waals surface area contributed by atoms with Crippen LogP contribution in [0.1, 0.15) is 19.8 Å². The minimum Gasteiger partial charge on any atom is -0.384 e. The number of ether oxygens (including phenoxy) is 1. The van der Waals surface area contributed by atoms with E-state index in [-0.39, 0.29) is 11.9 Å². The quantitative estimate of drug-likeness (QED) is 0.662. The molecule has 13 heavy (non-hydrogen) atoms. The number of nitrogens with zero attached hydrogens (tertiary/aromatic N) is 1. The van der Waals surface area contributed by atoms with E-state index in [1.165, 1.54) is 6.92 Å². The fraction of sp³-hybridized carbons (Fsp3) is 0.889. The Labute approximate surface area is 78.5 Å². The van der Waals surface area contributed by atoms with Crippen molar-refractivity contribution < 1.29 is 14.6 Å². The fourth-order valence-corrected chi connectivity index (χ4v) is 1.55. The van der Waals surface area contributed by atoms with Gasteiger partial charge in [0.15, 0.2) is 0 Å². The standard InChI is InChI=1S/C9H17NO3/c1-7(11)9(12)10(2)8-3-5-13-6-4-8/h7-8,11H,3-6H2,1-2H3/t7-/m0/s1. The number of aliphatic hydroxyl groups excluding tert-OH is 1. The van der Waals surface area contributed by atoms with Gasteiger partial charge in [-0.2, -0.15) is 0 Å². The monoisotopic (exact) mass is 187 g/mol. The van der Waals surface area contributed by atoms with Crippen LogP contribution in [-0.4, -0.2) is 48.3 Å². The van der Waals surface area contributed by atoms with E-state index in [2.05, 4.69) is 0 Å². The molecule has 1 aliphatic heterocycles. The maximum Gasteiger partial charge on any atom is 0.251 e. The second-order valence-electron chi connectivity index (χ2n) is 3.47. The highest BCUT2D eigenvalue weighted by Crippen LogP contribution is 2.13. The smallest absolute Gasteiger partial charge is 0.251 e. The molecule has 4 heteroatoms. The molecule has 1 fully saturated rings. The Balaban J connectivity index is 2.45. The molecule has 1 aliphatic rings. The lowest BCUT2D eigenvalue weighted by molar-refractivity contribution is -0.141. The van der Waals surface area contributed by atoms with Crippen molar-refractivity contribution in [2.75, 3.05) is 20.3 Å². The first-order valence-corrected chi connectivity index (χ1v) is 4.65. The molecule has 1 amide bonds. The summed E-state index contributed by atoms with van der Waals surface area (Å²) < 4.78 is 5.19. The highest BCUT2D eigenvalue weighted by atomic mass is 16.5. The third kappa shape index (κ3) is 2.67. The van der Waals surface area contributed by atoms with Gasteiger partial charge in [0.25, 0.3) is 5.91 Å². The first-order valence-electron chi connectivity index (χ1n) is 4.65. The van der Waals surface area contributed by atoms with Crippen LogP contribution >= 0.6 is 0 Å². The van der Waals surface area contributed by atoms with Gasteiger partial charge in [-0.05, 0) is 19.8 Å². The molecule has 1 rings (SSSR count). The highest BCUT2D eigenvalue weighted by molar-refractivity contribution is 5.80. The molecule has 0 aromatic heterocycles. The van der Waals surface area contributed by atoms with E-state index in [1.54, 1.807) is 11.9 Å². The second-order valence-corrected chi connectivity index (χ2v) is 3.47. The van der Waals surface area contributed by atoms with Crippen molar-refractivity contribution in [3.8, 4) is 0 Å². The lowest BCUT2D eigenvalue weighted by Crippen LogP contribution is -2.44. The normalized spacial score (nSPS) is 21.2. The van der Waals surface area contributed by atoms with E-state index in [4.69, 9.17) is 9.84 Å². The van der Waals surface area contributed by atoms with Crippen LogP contribution in [-0.2, 0) is 9.53 Å². The van der Waals surface area contributed by atoms with Crippen molar-refractivity contribution in [3.05, 3.63) is 0 Å². The van der Waals surface area contributed by atoms with Crippen LogP contribution in [0.15, 0.2) is 0 Å². The van der Waals surface area contributed by atoms with E-state index in [0.29, 0.717) is 13.2 Å². The molecule has 1 saturated heterocycles. The molecule has 1 atom stereocenters. The Morgan fingerprint density at radius 2 is 2.08 bits per heavy atom. The van der Waals surface area contributed by atoms with Crippen LogP contribution in [0.5, 0.6) is 0 Å². The zero-order chi connectivity index (χ0) is 9.84. The number of hydrogen-bond acceptors (Lipinski definition) is 3. The number of carbonyl (C=O) groups excluding carboxylic acids is 1. The molecule has 0 spiro atoms. The Morgan fingerprint density at radius 3 is 2.54 bits per heavy atom. The average Bonchev–Trinajstić information content (AvgIpc) is 2.17. The molecule has 0 bridgehead atoms. The SMILES string of the molecule is C[C@H](O)C(=O)N(C)C1CCOCC1. The fourth-order valence-electron chi connectivity index (χ4n) is 1.55. The Morgan fingerprint density at radius 1 is 1.54 bits per heavy atom. The summed E-state index contributed by atoms with van der Waals surface area (Å²) in [5.41, 5.74) is 0. The van der Waals surface area contributed by atoms with Crippen molar-refractivity contribution in [1.82, 2.24) is 4.90 Å². The predicted molar refractivity (Wildman–Crippen MR) is 48.3 cm³/mol. The first kappa shape index (κ1) is 10.5. The zero-order valence-corrected chi connectivity index (χ0v) is 8.19. The number of hydrogen-bond donors (Lipinski definition) is 1. The highest BCUT2D eigenvalue weighted by Gasteiger charge is 2.24. The summed E-state index contributed by atoms with van der Waals surface area (Å²) in [5.74, 6) is -0.202. The molecule has 0 unspecified atom stereocenters. The number of likely N-dealkylation sites (N-methyl/N-ethyl adjacent to an activating group) is 1. The molecular weight excluding hydrogens is 170 g/mol. The van der Waals surface area contributed by atoms with E-state index < -0.39 is 6.10 Å². The molecule has 0 radical (unpaired) electrons. The summed E-state index contributed by atoms with van der Waals surface area (Å²) in [6, 6.07) is 0.232. The summed E-state index contributed by atoms with van der Waals surface area (Å²) >= 11 is 0. The molecule has 76 valence electrons. The Bertz CT molecular complexity index is 176. The minimum absolute atomic E-state index is 0.202. The van der Waals surface area contributed by atoms with Gasteiger partial charge in [-0.1, -0.05) is 0 Å². The molecule has 1 heterocycles. The largest absolute Gasteiger partial charge is 0.384 e. The van der Waals surface area contributed by atoms with Gasteiger partial charge in [-0.15, -0.1) is 0 Å².